The Bertz CT molecular complexity index is 1300. The van der Waals surface area contributed by atoms with Crippen molar-refractivity contribution in [2.75, 3.05) is 19.8 Å². The zero-order valence-corrected chi connectivity index (χ0v) is 39.0. The van der Waals surface area contributed by atoms with Crippen molar-refractivity contribution in [2.45, 2.75) is 211 Å². The molecule has 6 N–H and O–H groups in total. The van der Waals surface area contributed by atoms with Crippen LogP contribution in [-0.4, -0.2) is 98.9 Å². The molecule has 62 heavy (non-hydrogen) atoms. The largest absolute Gasteiger partial charge is 0.472 e. The van der Waals surface area contributed by atoms with Gasteiger partial charge in [0.05, 0.1) is 13.2 Å². The highest BCUT2D eigenvalue weighted by atomic mass is 31.2. The Morgan fingerprint density at radius 1 is 0.532 bits per heavy atom. The average molecular weight is 897 g/mol. The molecule has 1 aliphatic rings. The van der Waals surface area contributed by atoms with Gasteiger partial charge in [0, 0.05) is 13.0 Å². The summed E-state index contributed by atoms with van der Waals surface area (Å²) in [5, 5.41) is 50.2. The molecule has 0 bridgehead atoms. The minimum Gasteiger partial charge on any atom is -0.457 e. The maximum absolute atomic E-state index is 12.8. The first-order chi connectivity index (χ1) is 30.0. The van der Waals surface area contributed by atoms with Gasteiger partial charge in [0.2, 0.25) is 0 Å². The monoisotopic (exact) mass is 897 g/mol. The molecule has 0 heterocycles. The van der Waals surface area contributed by atoms with Crippen LogP contribution in [0.5, 0.6) is 0 Å². The second kappa shape index (κ2) is 39.2. The summed E-state index contributed by atoms with van der Waals surface area (Å²) in [7, 11) is -5.04. The van der Waals surface area contributed by atoms with Gasteiger partial charge in [-0.2, -0.15) is 0 Å². The maximum Gasteiger partial charge on any atom is 0.472 e. The molecule has 0 radical (unpaired) electrons. The molecule has 0 aromatic carbocycles. The van der Waals surface area contributed by atoms with Crippen LogP contribution in [0.3, 0.4) is 0 Å². The highest BCUT2D eigenvalue weighted by Crippen LogP contribution is 2.47. The van der Waals surface area contributed by atoms with Crippen LogP contribution in [0.25, 0.3) is 0 Å². The zero-order chi connectivity index (χ0) is 45.5. The van der Waals surface area contributed by atoms with Crippen molar-refractivity contribution >= 4 is 13.8 Å². The van der Waals surface area contributed by atoms with E-state index < -0.39 is 63.1 Å². The number of aliphatic hydroxyl groups excluding tert-OH is 5. The van der Waals surface area contributed by atoms with Gasteiger partial charge in [-0.1, -0.05) is 157 Å². The van der Waals surface area contributed by atoms with Gasteiger partial charge in [0.15, 0.2) is 0 Å². The van der Waals surface area contributed by atoms with E-state index in [1.807, 2.05) is 12.2 Å². The summed E-state index contributed by atoms with van der Waals surface area (Å²) >= 11 is 0. The highest BCUT2D eigenvalue weighted by Gasteiger charge is 2.51. The smallest absolute Gasteiger partial charge is 0.457 e. The normalized spacial score (nSPS) is 22.6. The molecular weight excluding hydrogens is 812 g/mol. The van der Waals surface area contributed by atoms with Crippen LogP contribution >= 0.6 is 7.82 Å². The van der Waals surface area contributed by atoms with Crippen LogP contribution in [0.2, 0.25) is 0 Å². The Morgan fingerprint density at radius 2 is 0.952 bits per heavy atom. The molecule has 0 amide bonds. The maximum atomic E-state index is 12.8. The van der Waals surface area contributed by atoms with Crippen molar-refractivity contribution in [2.24, 2.45) is 0 Å². The number of hydrogen-bond donors (Lipinski definition) is 6. The first-order valence-electron chi connectivity index (χ1n) is 23.8. The van der Waals surface area contributed by atoms with Gasteiger partial charge in [-0.25, -0.2) is 4.57 Å². The topological polar surface area (TPSA) is 192 Å². The van der Waals surface area contributed by atoms with E-state index in [2.05, 4.69) is 74.6 Å². The number of ether oxygens (including phenoxy) is 2. The van der Waals surface area contributed by atoms with Gasteiger partial charge in [0.25, 0.3) is 0 Å². The lowest BCUT2D eigenvalue weighted by atomic mass is 9.85. The number of aliphatic hydroxyl groups is 5. The van der Waals surface area contributed by atoms with E-state index in [0.717, 1.165) is 64.2 Å². The fraction of sp³-hybridized carbons (Fsp3) is 0.735. The molecule has 6 atom stereocenters. The zero-order valence-electron chi connectivity index (χ0n) is 38.1. The van der Waals surface area contributed by atoms with E-state index in [9.17, 15) is 39.8 Å². The molecule has 1 rings (SSSR count). The third kappa shape index (κ3) is 30.8. The van der Waals surface area contributed by atoms with E-state index >= 15 is 0 Å². The van der Waals surface area contributed by atoms with Gasteiger partial charge in [-0.15, -0.1) is 0 Å². The number of hydrogen-bond acceptors (Lipinski definition) is 11. The fourth-order valence-corrected chi connectivity index (χ4v) is 7.77. The lowest BCUT2D eigenvalue weighted by Crippen LogP contribution is -2.64. The van der Waals surface area contributed by atoms with Crippen molar-refractivity contribution in [3.63, 3.8) is 0 Å². The summed E-state index contributed by atoms with van der Waals surface area (Å²) in [5.74, 6) is -0.536. The van der Waals surface area contributed by atoms with Crippen molar-refractivity contribution in [1.29, 1.82) is 0 Å². The molecule has 0 aliphatic heterocycles. The Morgan fingerprint density at radius 3 is 1.47 bits per heavy atom. The van der Waals surface area contributed by atoms with Gasteiger partial charge < -0.3 is 39.9 Å². The van der Waals surface area contributed by atoms with Gasteiger partial charge in [-0.3, -0.25) is 13.8 Å². The minimum atomic E-state index is -5.04. The molecule has 6 unspecified atom stereocenters. The minimum absolute atomic E-state index is 0.104. The van der Waals surface area contributed by atoms with Crippen LogP contribution < -0.4 is 0 Å². The molecule has 12 nitrogen and oxygen atoms in total. The SMILES string of the molecule is CC/C=C\C/C=C\C/C=C\C/C=C\C/C=C\CCCC(=O)OC(COCCCCCCCCCC/C=C\CCCCCCCC)COP(=O)(O)OC1C(O)C(O)C(O)C(O)C1O. The summed E-state index contributed by atoms with van der Waals surface area (Å²) < 4.78 is 34.1. The van der Waals surface area contributed by atoms with Crippen LogP contribution in [0.1, 0.15) is 168 Å². The molecule has 13 heteroatoms. The molecular formula is C49H85O12P. The summed E-state index contributed by atoms with van der Waals surface area (Å²) in [5.41, 5.74) is 0. The molecule has 1 aliphatic carbocycles. The van der Waals surface area contributed by atoms with Crippen LogP contribution in [0.4, 0.5) is 0 Å². The van der Waals surface area contributed by atoms with Crippen LogP contribution in [0, 0.1) is 0 Å². The predicted octanol–water partition coefficient (Wildman–Crippen LogP) is 9.97. The number of phosphoric ester groups is 1. The van der Waals surface area contributed by atoms with Gasteiger partial charge in [-0.05, 0) is 77.0 Å². The molecule has 1 fully saturated rings. The van der Waals surface area contributed by atoms with Gasteiger partial charge in [0.1, 0.15) is 42.7 Å². The quantitative estimate of drug-likeness (QED) is 0.0148. The van der Waals surface area contributed by atoms with Crippen molar-refractivity contribution < 1.29 is 58.3 Å². The van der Waals surface area contributed by atoms with Crippen LogP contribution in [-0.2, 0) is 27.9 Å². The number of carbonyl (C=O) groups is 1. The Labute approximate surface area is 374 Å². The second-order valence-electron chi connectivity index (χ2n) is 16.2. The van der Waals surface area contributed by atoms with Gasteiger partial charge >= 0.3 is 13.8 Å². The Kier molecular flexibility index (Phi) is 36.5. The lowest BCUT2D eigenvalue weighted by Gasteiger charge is -2.41. The molecule has 358 valence electrons. The van der Waals surface area contributed by atoms with Crippen molar-refractivity contribution in [3.8, 4) is 0 Å². The third-order valence-corrected chi connectivity index (χ3v) is 11.5. The Hall–Kier alpha value is -2.22. The van der Waals surface area contributed by atoms with Crippen molar-refractivity contribution in [3.05, 3.63) is 72.9 Å². The highest BCUT2D eigenvalue weighted by molar-refractivity contribution is 7.47. The number of esters is 1. The van der Waals surface area contributed by atoms with E-state index in [0.29, 0.717) is 19.4 Å². The van der Waals surface area contributed by atoms with E-state index in [4.69, 9.17) is 18.5 Å². The lowest BCUT2D eigenvalue weighted by molar-refractivity contribution is -0.220. The standard InChI is InChI=1S/C49H85O12P/c1-3-5-7-9-11-13-15-17-19-21-23-25-27-29-31-33-35-37-39-58-40-42(41-59-62(56,57)61-49-47(54)45(52)44(51)46(53)48(49)55)60-43(50)38-36-34-32-30-28-26-24-22-20-18-16-14-12-10-8-6-4-2/h6,8,12,14,17-20,24,26,30,32,42,44-49,51-55H,3-5,7,9-11,13,15-16,21-23,25,27-29,31,33-41H2,1-2H3,(H,56,57)/b8-6-,14-12-,19-17-,20-18-,26-24-,32-30-. The van der Waals surface area contributed by atoms with Crippen LogP contribution in [0.15, 0.2) is 72.9 Å². The Balaban J connectivity index is 2.43. The third-order valence-electron chi connectivity index (χ3n) is 10.6. The fourth-order valence-electron chi connectivity index (χ4n) is 6.80. The second-order valence-corrected chi connectivity index (χ2v) is 17.6. The van der Waals surface area contributed by atoms with E-state index in [1.165, 1.54) is 70.6 Å². The number of carbonyl (C=O) groups excluding carboxylic acids is 1. The predicted molar refractivity (Wildman–Crippen MR) is 248 cm³/mol. The number of unbranched alkanes of at least 4 members (excludes halogenated alkanes) is 15. The number of phosphoric acid groups is 1. The molecule has 0 aromatic rings. The number of allylic oxidation sites excluding steroid dienone is 12. The molecule has 0 saturated heterocycles. The van der Waals surface area contributed by atoms with Crippen molar-refractivity contribution in [1.82, 2.24) is 0 Å². The summed E-state index contributed by atoms with van der Waals surface area (Å²) in [6, 6.07) is 0. The summed E-state index contributed by atoms with van der Waals surface area (Å²) in [4.78, 5) is 23.1. The molecule has 1 saturated carbocycles. The van der Waals surface area contributed by atoms with E-state index in [-0.39, 0.29) is 13.0 Å². The summed E-state index contributed by atoms with van der Waals surface area (Å²) in [6.45, 7) is 4.07. The van der Waals surface area contributed by atoms with E-state index in [1.54, 1.807) is 0 Å². The first kappa shape index (κ1) is 57.8. The number of rotatable bonds is 39. The summed E-state index contributed by atoms with van der Waals surface area (Å²) in [6.07, 6.45) is 38.3. The molecule has 0 aromatic heterocycles. The average Bonchev–Trinajstić information content (AvgIpc) is 3.26. The molecule has 0 spiro atoms. The first-order valence-corrected chi connectivity index (χ1v) is 25.3.